The van der Waals surface area contributed by atoms with Crippen LogP contribution in [-0.4, -0.2) is 48.5 Å². The fourth-order valence-electron chi connectivity index (χ4n) is 4.94. The number of aliphatic hydroxyl groups is 1. The van der Waals surface area contributed by atoms with E-state index in [0.29, 0.717) is 26.1 Å². The maximum Gasteiger partial charge on any atom is 0.410 e. The summed E-state index contributed by atoms with van der Waals surface area (Å²) < 4.78 is 16.6. The van der Waals surface area contributed by atoms with Gasteiger partial charge in [-0.3, -0.25) is 4.90 Å². The van der Waals surface area contributed by atoms with Crippen molar-refractivity contribution >= 4 is 16.9 Å². The molecular formula is C26H27NO5. The number of benzene rings is 3. The van der Waals surface area contributed by atoms with Crippen LogP contribution in [0.3, 0.4) is 0 Å². The van der Waals surface area contributed by atoms with Crippen LogP contribution in [-0.2, 0) is 21.7 Å². The molecule has 1 amide bonds. The van der Waals surface area contributed by atoms with Crippen molar-refractivity contribution in [2.75, 3.05) is 20.3 Å². The summed E-state index contributed by atoms with van der Waals surface area (Å²) in [5.41, 5.74) is 0.789. The highest BCUT2D eigenvalue weighted by atomic mass is 16.6. The monoisotopic (exact) mass is 433 g/mol. The van der Waals surface area contributed by atoms with Gasteiger partial charge in [0.05, 0.1) is 38.0 Å². The SMILES string of the molecule is COc1ccc2cc(C3(O)CC4COCC(C3)N4C(=O)OCc3ccccc3)ccc2c1. The number of carbonyl (C=O) groups is 1. The Balaban J connectivity index is 1.35. The van der Waals surface area contributed by atoms with Gasteiger partial charge in [-0.25, -0.2) is 4.79 Å². The minimum absolute atomic E-state index is 0.231. The third kappa shape index (κ3) is 3.92. The van der Waals surface area contributed by atoms with Crippen LogP contribution in [0.4, 0.5) is 4.79 Å². The molecule has 3 aromatic rings. The van der Waals surface area contributed by atoms with Crippen LogP contribution in [0.15, 0.2) is 66.7 Å². The molecule has 3 aromatic carbocycles. The van der Waals surface area contributed by atoms with Crippen LogP contribution >= 0.6 is 0 Å². The van der Waals surface area contributed by atoms with Gasteiger partial charge in [-0.1, -0.05) is 48.5 Å². The number of carbonyl (C=O) groups excluding carboxylic acids is 1. The maximum atomic E-state index is 12.9. The summed E-state index contributed by atoms with van der Waals surface area (Å²) in [6, 6.07) is 21.1. The van der Waals surface area contributed by atoms with E-state index < -0.39 is 5.60 Å². The first-order valence-electron chi connectivity index (χ1n) is 10.9. The molecule has 6 nitrogen and oxygen atoms in total. The fourth-order valence-corrected chi connectivity index (χ4v) is 4.94. The lowest BCUT2D eigenvalue weighted by Crippen LogP contribution is -2.62. The van der Waals surface area contributed by atoms with E-state index >= 15 is 0 Å². The summed E-state index contributed by atoms with van der Waals surface area (Å²) in [6.07, 6.45) is 0.469. The lowest BCUT2D eigenvalue weighted by molar-refractivity contribution is -0.136. The number of hydrogen-bond donors (Lipinski definition) is 1. The van der Waals surface area contributed by atoms with Crippen molar-refractivity contribution in [1.29, 1.82) is 0 Å². The minimum atomic E-state index is -1.02. The molecule has 0 aliphatic carbocycles. The van der Waals surface area contributed by atoms with E-state index in [9.17, 15) is 9.90 Å². The molecule has 6 heteroatoms. The Morgan fingerprint density at radius 1 is 1.03 bits per heavy atom. The van der Waals surface area contributed by atoms with Gasteiger partial charge in [0.25, 0.3) is 0 Å². The molecule has 2 unspecified atom stereocenters. The van der Waals surface area contributed by atoms with Crippen LogP contribution in [0.25, 0.3) is 10.8 Å². The van der Waals surface area contributed by atoms with Crippen LogP contribution in [0, 0.1) is 0 Å². The van der Waals surface area contributed by atoms with Gasteiger partial charge < -0.3 is 19.3 Å². The molecule has 0 saturated carbocycles. The Kier molecular flexibility index (Phi) is 5.49. The summed E-state index contributed by atoms with van der Waals surface area (Å²) in [7, 11) is 1.65. The molecule has 2 saturated heterocycles. The van der Waals surface area contributed by atoms with Gasteiger partial charge in [0.2, 0.25) is 0 Å². The molecule has 166 valence electrons. The molecule has 1 N–H and O–H groups in total. The largest absolute Gasteiger partial charge is 0.497 e. The first-order chi connectivity index (χ1) is 15.6. The molecule has 2 atom stereocenters. The van der Waals surface area contributed by atoms with E-state index in [0.717, 1.165) is 27.6 Å². The second-order valence-electron chi connectivity index (χ2n) is 8.66. The number of hydrogen-bond acceptors (Lipinski definition) is 5. The topological polar surface area (TPSA) is 68.2 Å². The molecule has 0 aromatic heterocycles. The third-order valence-electron chi connectivity index (χ3n) is 6.55. The number of piperidine rings is 1. The van der Waals surface area contributed by atoms with Crippen molar-refractivity contribution in [1.82, 2.24) is 4.90 Å². The average Bonchev–Trinajstić information content (AvgIpc) is 2.82. The summed E-state index contributed by atoms with van der Waals surface area (Å²) >= 11 is 0. The highest BCUT2D eigenvalue weighted by molar-refractivity contribution is 5.84. The highest BCUT2D eigenvalue weighted by Gasteiger charge is 2.49. The molecule has 32 heavy (non-hydrogen) atoms. The van der Waals surface area contributed by atoms with E-state index in [1.807, 2.05) is 66.7 Å². The van der Waals surface area contributed by atoms with E-state index in [-0.39, 0.29) is 24.8 Å². The van der Waals surface area contributed by atoms with Gasteiger partial charge in [0.1, 0.15) is 12.4 Å². The van der Waals surface area contributed by atoms with Crippen molar-refractivity contribution < 1.29 is 24.1 Å². The lowest BCUT2D eigenvalue weighted by Gasteiger charge is -2.51. The molecule has 0 radical (unpaired) electrons. The van der Waals surface area contributed by atoms with Crippen LogP contribution < -0.4 is 4.74 Å². The van der Waals surface area contributed by atoms with E-state index in [1.165, 1.54) is 0 Å². The van der Waals surface area contributed by atoms with Gasteiger partial charge in [-0.2, -0.15) is 0 Å². The zero-order valence-electron chi connectivity index (χ0n) is 18.1. The van der Waals surface area contributed by atoms with Gasteiger partial charge >= 0.3 is 6.09 Å². The van der Waals surface area contributed by atoms with Crippen LogP contribution in [0.5, 0.6) is 5.75 Å². The van der Waals surface area contributed by atoms with Crippen LogP contribution in [0.1, 0.15) is 24.0 Å². The molecule has 0 spiro atoms. The summed E-state index contributed by atoms with van der Waals surface area (Å²) in [5, 5.41) is 13.8. The lowest BCUT2D eigenvalue weighted by atomic mass is 9.76. The molecular weight excluding hydrogens is 406 g/mol. The Labute approximate surface area is 187 Å². The number of amides is 1. The molecule has 5 rings (SSSR count). The zero-order valence-corrected chi connectivity index (χ0v) is 18.1. The fraction of sp³-hybridized carbons (Fsp3) is 0.346. The van der Waals surface area contributed by atoms with Crippen molar-refractivity contribution in [3.63, 3.8) is 0 Å². The smallest absolute Gasteiger partial charge is 0.410 e. The molecule has 2 bridgehead atoms. The quantitative estimate of drug-likeness (QED) is 0.667. The van der Waals surface area contributed by atoms with E-state index in [1.54, 1.807) is 12.0 Å². The summed E-state index contributed by atoms with van der Waals surface area (Å²) in [4.78, 5) is 14.7. The zero-order chi connectivity index (χ0) is 22.1. The number of rotatable bonds is 4. The number of ether oxygens (including phenoxy) is 3. The average molecular weight is 434 g/mol. The van der Waals surface area contributed by atoms with Gasteiger partial charge in [-0.05, 0) is 40.1 Å². The number of morpholine rings is 1. The first kappa shape index (κ1) is 20.8. The third-order valence-corrected chi connectivity index (χ3v) is 6.55. The first-order valence-corrected chi connectivity index (χ1v) is 10.9. The number of fused-ring (bicyclic) bond motifs is 3. The Morgan fingerprint density at radius 3 is 2.44 bits per heavy atom. The molecule has 2 heterocycles. The van der Waals surface area contributed by atoms with Gasteiger partial charge in [0, 0.05) is 12.8 Å². The molecule has 2 aliphatic rings. The van der Waals surface area contributed by atoms with E-state index in [4.69, 9.17) is 14.2 Å². The maximum absolute atomic E-state index is 12.9. The van der Waals surface area contributed by atoms with Crippen molar-refractivity contribution in [2.45, 2.75) is 37.1 Å². The Bertz CT molecular complexity index is 1100. The molecule has 2 aliphatic heterocycles. The number of nitrogens with zero attached hydrogens (tertiary/aromatic N) is 1. The predicted octanol–water partition coefficient (Wildman–Crippen LogP) is 4.24. The normalized spacial score (nSPS) is 24.9. The van der Waals surface area contributed by atoms with Crippen molar-refractivity contribution in [3.05, 3.63) is 77.9 Å². The van der Waals surface area contributed by atoms with Crippen LogP contribution in [0.2, 0.25) is 0 Å². The number of methoxy groups -OCH3 is 1. The van der Waals surface area contributed by atoms with Crippen molar-refractivity contribution in [2.24, 2.45) is 0 Å². The Hall–Kier alpha value is -3.09. The molecule has 2 fully saturated rings. The van der Waals surface area contributed by atoms with Gasteiger partial charge in [0.15, 0.2) is 0 Å². The van der Waals surface area contributed by atoms with Gasteiger partial charge in [-0.15, -0.1) is 0 Å². The summed E-state index contributed by atoms with van der Waals surface area (Å²) in [5.74, 6) is 0.804. The Morgan fingerprint density at radius 2 is 1.72 bits per heavy atom. The van der Waals surface area contributed by atoms with Crippen molar-refractivity contribution in [3.8, 4) is 5.75 Å². The predicted molar refractivity (Wildman–Crippen MR) is 120 cm³/mol. The standard InChI is InChI=1S/C26H27NO5/c1-30-24-10-8-19-11-21(9-7-20(19)12-24)26(29)13-22-16-31-17-23(14-26)27(22)25(28)32-15-18-5-3-2-4-6-18/h2-12,22-23,29H,13-17H2,1H3. The second-order valence-corrected chi connectivity index (χ2v) is 8.66. The summed E-state index contributed by atoms with van der Waals surface area (Å²) in [6.45, 7) is 1.02. The highest BCUT2D eigenvalue weighted by Crippen LogP contribution is 2.42. The minimum Gasteiger partial charge on any atom is -0.497 e. The second kappa shape index (κ2) is 8.45. The van der Waals surface area contributed by atoms with E-state index in [2.05, 4.69) is 0 Å².